The zero-order chi connectivity index (χ0) is 20.8. The van der Waals surface area contributed by atoms with Crippen LogP contribution in [0.25, 0.3) is 10.9 Å². The summed E-state index contributed by atoms with van der Waals surface area (Å²) in [5.41, 5.74) is 4.40. The topological polar surface area (TPSA) is 65.6 Å². The fourth-order valence-electron chi connectivity index (χ4n) is 4.87. The van der Waals surface area contributed by atoms with E-state index in [-0.39, 0.29) is 24.4 Å². The van der Waals surface area contributed by atoms with E-state index in [2.05, 4.69) is 11.1 Å². The first-order valence-corrected chi connectivity index (χ1v) is 10.4. The number of hydrogen-bond acceptors (Lipinski definition) is 3. The average Bonchev–Trinajstić information content (AvgIpc) is 3.15. The van der Waals surface area contributed by atoms with Crippen molar-refractivity contribution in [3.8, 4) is 5.75 Å². The fourth-order valence-corrected chi connectivity index (χ4v) is 4.87. The predicted octanol–water partition coefficient (Wildman–Crippen LogP) is 3.08. The molecule has 2 atom stereocenters. The van der Waals surface area contributed by atoms with Gasteiger partial charge in [-0.15, -0.1) is 0 Å². The lowest BCUT2D eigenvalue weighted by molar-refractivity contribution is -0.159. The van der Waals surface area contributed by atoms with Gasteiger partial charge in [-0.2, -0.15) is 0 Å². The Morgan fingerprint density at radius 1 is 1.10 bits per heavy atom. The molecule has 0 spiro atoms. The predicted molar refractivity (Wildman–Crippen MR) is 114 cm³/mol. The summed E-state index contributed by atoms with van der Waals surface area (Å²) in [7, 11) is 1.64. The summed E-state index contributed by atoms with van der Waals surface area (Å²) in [4.78, 5) is 33.3. The molecular formula is C24H25N3O3. The highest BCUT2D eigenvalue weighted by Crippen LogP contribution is 2.38. The molecule has 0 bridgehead atoms. The molecule has 2 aliphatic heterocycles. The van der Waals surface area contributed by atoms with Crippen molar-refractivity contribution < 1.29 is 14.3 Å². The zero-order valence-electron chi connectivity index (χ0n) is 17.2. The third kappa shape index (κ3) is 2.95. The van der Waals surface area contributed by atoms with Gasteiger partial charge >= 0.3 is 0 Å². The van der Waals surface area contributed by atoms with E-state index in [1.165, 1.54) is 0 Å². The lowest BCUT2D eigenvalue weighted by atomic mass is 9.90. The number of para-hydroxylation sites is 1. The Kier molecular flexibility index (Phi) is 4.50. The van der Waals surface area contributed by atoms with Gasteiger partial charge in [0.15, 0.2) is 0 Å². The molecule has 5 rings (SSSR count). The molecule has 6 nitrogen and oxygen atoms in total. The molecule has 0 saturated carbocycles. The van der Waals surface area contributed by atoms with Crippen LogP contribution in [0.3, 0.4) is 0 Å². The number of nitrogens with zero attached hydrogens (tertiary/aromatic N) is 2. The van der Waals surface area contributed by atoms with Crippen molar-refractivity contribution in [3.05, 3.63) is 65.4 Å². The maximum atomic E-state index is 13.3. The second-order valence-electron chi connectivity index (χ2n) is 8.12. The van der Waals surface area contributed by atoms with E-state index in [9.17, 15) is 9.59 Å². The summed E-state index contributed by atoms with van der Waals surface area (Å²) >= 11 is 0. The summed E-state index contributed by atoms with van der Waals surface area (Å²) in [6, 6.07) is 15.4. The number of methoxy groups -OCH3 is 1. The van der Waals surface area contributed by atoms with Crippen LogP contribution in [0, 0.1) is 0 Å². The molecule has 0 radical (unpaired) electrons. The number of carbonyl (C=O) groups is 2. The van der Waals surface area contributed by atoms with Crippen LogP contribution in [0.2, 0.25) is 0 Å². The first-order chi connectivity index (χ1) is 14.6. The molecule has 1 unspecified atom stereocenters. The number of benzene rings is 2. The Labute approximate surface area is 175 Å². The number of amides is 2. The van der Waals surface area contributed by atoms with Crippen molar-refractivity contribution in [2.75, 3.05) is 20.2 Å². The van der Waals surface area contributed by atoms with Crippen LogP contribution >= 0.6 is 0 Å². The van der Waals surface area contributed by atoms with Crippen LogP contribution in [-0.2, 0) is 22.4 Å². The Balaban J connectivity index is 1.38. The molecule has 154 valence electrons. The Hall–Kier alpha value is -3.28. The maximum Gasteiger partial charge on any atom is 0.246 e. The summed E-state index contributed by atoms with van der Waals surface area (Å²) in [5.74, 6) is 0.876. The molecule has 6 heteroatoms. The minimum atomic E-state index is -0.427. The van der Waals surface area contributed by atoms with Crippen molar-refractivity contribution >= 4 is 22.7 Å². The molecule has 3 heterocycles. The maximum absolute atomic E-state index is 13.3. The summed E-state index contributed by atoms with van der Waals surface area (Å²) in [6.45, 7) is 2.69. The summed E-state index contributed by atoms with van der Waals surface area (Å²) in [6.07, 6.45) is 1.27. The first kappa shape index (κ1) is 18.7. The molecule has 1 aromatic heterocycles. The van der Waals surface area contributed by atoms with Crippen LogP contribution in [0.4, 0.5) is 0 Å². The number of H-pyrrole nitrogens is 1. The lowest BCUT2D eigenvalue weighted by Gasteiger charge is -2.46. The fraction of sp³-hybridized carbons (Fsp3) is 0.333. The molecular weight excluding hydrogens is 378 g/mol. The van der Waals surface area contributed by atoms with Crippen molar-refractivity contribution in [2.45, 2.75) is 31.8 Å². The van der Waals surface area contributed by atoms with E-state index in [0.29, 0.717) is 19.4 Å². The van der Waals surface area contributed by atoms with Gasteiger partial charge in [-0.1, -0.05) is 30.3 Å². The van der Waals surface area contributed by atoms with Crippen LogP contribution in [0.15, 0.2) is 48.5 Å². The minimum absolute atomic E-state index is 0.0196. The molecule has 30 heavy (non-hydrogen) atoms. The number of aromatic nitrogens is 1. The Morgan fingerprint density at radius 2 is 1.87 bits per heavy atom. The van der Waals surface area contributed by atoms with Crippen LogP contribution in [0.1, 0.15) is 29.8 Å². The Morgan fingerprint density at radius 3 is 2.63 bits per heavy atom. The molecule has 2 aliphatic rings. The quantitative estimate of drug-likeness (QED) is 0.728. The number of fused-ring (bicyclic) bond motifs is 4. The van der Waals surface area contributed by atoms with E-state index < -0.39 is 6.04 Å². The van der Waals surface area contributed by atoms with Crippen molar-refractivity contribution in [1.82, 2.24) is 14.8 Å². The largest absolute Gasteiger partial charge is 0.497 e. The smallest absolute Gasteiger partial charge is 0.246 e. The van der Waals surface area contributed by atoms with E-state index in [0.717, 1.165) is 33.5 Å². The number of nitrogens with one attached hydrogen (secondary N) is 1. The third-order valence-corrected chi connectivity index (χ3v) is 6.46. The molecule has 1 saturated heterocycles. The third-order valence-electron chi connectivity index (χ3n) is 6.46. The molecule has 0 aliphatic carbocycles. The van der Waals surface area contributed by atoms with E-state index >= 15 is 0 Å². The summed E-state index contributed by atoms with van der Waals surface area (Å²) < 4.78 is 5.20. The van der Waals surface area contributed by atoms with Gasteiger partial charge in [0.25, 0.3) is 0 Å². The standard InChI is InChI=1S/C24H25N3O3/c1-15-23-19(18-5-3-4-6-20(18)25-23)13-21-24(29)26(14-22(28)27(15)21)12-11-16-7-9-17(30-2)10-8-16/h3-10,15,21,25H,11-14H2,1-2H3/t15?,21-/m1/s1. The number of ether oxygens (including phenoxy) is 1. The number of rotatable bonds is 4. The highest BCUT2D eigenvalue weighted by Gasteiger charge is 2.45. The number of hydrogen-bond donors (Lipinski definition) is 1. The number of piperazine rings is 1. The minimum Gasteiger partial charge on any atom is -0.497 e. The van der Waals surface area contributed by atoms with Gasteiger partial charge < -0.3 is 19.5 Å². The number of carbonyl (C=O) groups excluding carboxylic acids is 2. The zero-order valence-corrected chi connectivity index (χ0v) is 17.2. The second kappa shape index (κ2) is 7.20. The SMILES string of the molecule is COc1ccc(CCN2CC(=O)N3C(C)c4[nH]c5ccccc5c4C[C@@H]3C2=O)cc1. The molecule has 2 aromatic carbocycles. The molecule has 2 amide bonds. The normalized spacial score (nSPS) is 21.0. The van der Waals surface area contributed by atoms with Crippen LogP contribution in [-0.4, -0.2) is 52.8 Å². The highest BCUT2D eigenvalue weighted by atomic mass is 16.5. The van der Waals surface area contributed by atoms with E-state index in [1.807, 2.05) is 49.4 Å². The monoisotopic (exact) mass is 403 g/mol. The first-order valence-electron chi connectivity index (χ1n) is 10.4. The van der Waals surface area contributed by atoms with Gasteiger partial charge in [-0.3, -0.25) is 9.59 Å². The van der Waals surface area contributed by atoms with E-state index in [4.69, 9.17) is 4.74 Å². The van der Waals surface area contributed by atoms with Gasteiger partial charge in [0.2, 0.25) is 11.8 Å². The highest BCUT2D eigenvalue weighted by molar-refractivity contribution is 5.97. The van der Waals surface area contributed by atoms with Gasteiger partial charge in [-0.25, -0.2) is 0 Å². The second-order valence-corrected chi connectivity index (χ2v) is 8.12. The van der Waals surface area contributed by atoms with Crippen LogP contribution in [0.5, 0.6) is 5.75 Å². The Bertz CT molecular complexity index is 1120. The van der Waals surface area contributed by atoms with Gasteiger partial charge in [0.05, 0.1) is 19.7 Å². The van der Waals surface area contributed by atoms with Crippen LogP contribution < -0.4 is 4.74 Å². The number of aromatic amines is 1. The van der Waals surface area contributed by atoms with Crippen molar-refractivity contribution in [2.24, 2.45) is 0 Å². The average molecular weight is 403 g/mol. The molecule has 3 aromatic rings. The van der Waals surface area contributed by atoms with Gasteiger partial charge in [0, 0.05) is 29.6 Å². The van der Waals surface area contributed by atoms with Crippen molar-refractivity contribution in [1.29, 1.82) is 0 Å². The lowest BCUT2D eigenvalue weighted by Crippen LogP contribution is -2.62. The van der Waals surface area contributed by atoms with Gasteiger partial charge in [0.1, 0.15) is 11.8 Å². The van der Waals surface area contributed by atoms with E-state index in [1.54, 1.807) is 16.9 Å². The summed E-state index contributed by atoms with van der Waals surface area (Å²) in [5, 5.41) is 1.15. The van der Waals surface area contributed by atoms with Crippen molar-refractivity contribution in [3.63, 3.8) is 0 Å². The molecule has 1 N–H and O–H groups in total. The van der Waals surface area contributed by atoms with Gasteiger partial charge in [-0.05, 0) is 42.7 Å². The molecule has 1 fully saturated rings.